The van der Waals surface area contributed by atoms with E-state index in [1.54, 1.807) is 29.5 Å². The molecule has 0 fully saturated rings. The first-order chi connectivity index (χ1) is 10.0. The fourth-order valence-electron chi connectivity index (χ4n) is 1.93. The van der Waals surface area contributed by atoms with Gasteiger partial charge in [-0.15, -0.1) is 11.3 Å². The fourth-order valence-corrected chi connectivity index (χ4v) is 2.64. The number of thiazole rings is 1. The van der Waals surface area contributed by atoms with E-state index in [1.807, 2.05) is 25.3 Å². The molecule has 2 amide bonds. The maximum atomic E-state index is 11.8. The van der Waals surface area contributed by atoms with Crippen LogP contribution in [-0.4, -0.2) is 22.7 Å². The minimum Gasteiger partial charge on any atom is -0.508 e. The lowest BCUT2D eigenvalue weighted by molar-refractivity contribution is 0.238. The van der Waals surface area contributed by atoms with Crippen LogP contribution in [0, 0.1) is 6.92 Å². The molecule has 1 heterocycles. The van der Waals surface area contributed by atoms with Crippen LogP contribution in [0.25, 0.3) is 0 Å². The molecule has 0 saturated heterocycles. The molecule has 5 nitrogen and oxygen atoms in total. The minimum absolute atomic E-state index is 0.115. The van der Waals surface area contributed by atoms with Gasteiger partial charge < -0.3 is 15.7 Å². The number of urea groups is 1. The predicted molar refractivity (Wildman–Crippen MR) is 83.6 cm³/mol. The zero-order valence-electron chi connectivity index (χ0n) is 12.1. The number of aromatic hydroxyl groups is 1. The molecule has 0 aliphatic carbocycles. The van der Waals surface area contributed by atoms with Crippen molar-refractivity contribution in [2.24, 2.45) is 0 Å². The highest BCUT2D eigenvalue weighted by molar-refractivity contribution is 7.09. The van der Waals surface area contributed by atoms with Gasteiger partial charge in [0.15, 0.2) is 0 Å². The number of amides is 2. The summed E-state index contributed by atoms with van der Waals surface area (Å²) in [7, 11) is 0. The van der Waals surface area contributed by atoms with Crippen LogP contribution in [0.1, 0.15) is 29.2 Å². The molecular formula is C15H19N3O2S. The number of hydrogen-bond acceptors (Lipinski definition) is 4. The Kier molecular flexibility index (Phi) is 5.16. The van der Waals surface area contributed by atoms with Crippen LogP contribution >= 0.6 is 11.3 Å². The van der Waals surface area contributed by atoms with E-state index < -0.39 is 0 Å². The fraction of sp³-hybridized carbons (Fsp3) is 0.333. The normalized spacial score (nSPS) is 11.9. The molecule has 1 aromatic heterocycles. The summed E-state index contributed by atoms with van der Waals surface area (Å²) in [6, 6.07) is 6.70. The van der Waals surface area contributed by atoms with Gasteiger partial charge in [0.2, 0.25) is 0 Å². The first-order valence-corrected chi connectivity index (χ1v) is 7.67. The van der Waals surface area contributed by atoms with Gasteiger partial charge in [-0.3, -0.25) is 0 Å². The molecule has 0 aliphatic rings. The Morgan fingerprint density at radius 2 is 2.29 bits per heavy atom. The molecule has 2 rings (SSSR count). The quantitative estimate of drug-likeness (QED) is 0.795. The summed E-state index contributed by atoms with van der Waals surface area (Å²) in [5, 5.41) is 18.0. The van der Waals surface area contributed by atoms with Crippen molar-refractivity contribution in [3.63, 3.8) is 0 Å². The van der Waals surface area contributed by atoms with Gasteiger partial charge in [-0.05, 0) is 38.0 Å². The van der Waals surface area contributed by atoms with Crippen LogP contribution in [0.3, 0.4) is 0 Å². The standard InChI is InChI=1S/C15H19N3O2S/c1-10(14-9-21-11(2)18-14)17-15(20)16-7-6-12-4-3-5-13(19)8-12/h3-5,8-10,19H,6-7H2,1-2H3,(H2,16,17,20). The molecule has 6 heteroatoms. The molecule has 2 aromatic rings. The number of carbonyl (C=O) groups excluding carboxylic acids is 1. The summed E-state index contributed by atoms with van der Waals surface area (Å²) < 4.78 is 0. The van der Waals surface area contributed by atoms with E-state index in [2.05, 4.69) is 15.6 Å². The smallest absolute Gasteiger partial charge is 0.315 e. The number of aryl methyl sites for hydroxylation is 1. The van der Waals surface area contributed by atoms with E-state index in [9.17, 15) is 9.90 Å². The zero-order chi connectivity index (χ0) is 15.2. The third-order valence-corrected chi connectivity index (χ3v) is 3.83. The summed E-state index contributed by atoms with van der Waals surface area (Å²) in [6.07, 6.45) is 0.673. The number of nitrogens with one attached hydrogen (secondary N) is 2. The maximum absolute atomic E-state index is 11.8. The molecule has 0 aliphatic heterocycles. The highest BCUT2D eigenvalue weighted by Gasteiger charge is 2.11. The highest BCUT2D eigenvalue weighted by Crippen LogP contribution is 2.15. The Labute approximate surface area is 128 Å². The van der Waals surface area contributed by atoms with Crippen molar-refractivity contribution < 1.29 is 9.90 Å². The van der Waals surface area contributed by atoms with Crippen LogP contribution in [0.2, 0.25) is 0 Å². The third-order valence-electron chi connectivity index (χ3n) is 3.04. The van der Waals surface area contributed by atoms with Crippen LogP contribution in [0.15, 0.2) is 29.6 Å². The summed E-state index contributed by atoms with van der Waals surface area (Å²) in [6.45, 7) is 4.36. The lowest BCUT2D eigenvalue weighted by Gasteiger charge is -2.12. The number of nitrogens with zero attached hydrogens (tertiary/aromatic N) is 1. The average Bonchev–Trinajstić information content (AvgIpc) is 2.85. The van der Waals surface area contributed by atoms with E-state index in [0.29, 0.717) is 13.0 Å². The molecule has 1 aromatic carbocycles. The molecule has 0 bridgehead atoms. The van der Waals surface area contributed by atoms with Crippen LogP contribution in [-0.2, 0) is 6.42 Å². The number of rotatable bonds is 5. The number of hydrogen-bond donors (Lipinski definition) is 3. The SMILES string of the molecule is Cc1nc(C(C)NC(=O)NCCc2cccc(O)c2)cs1. The van der Waals surface area contributed by atoms with Crippen molar-refractivity contribution in [1.29, 1.82) is 0 Å². The molecule has 0 radical (unpaired) electrons. The number of benzene rings is 1. The van der Waals surface area contributed by atoms with E-state index in [-0.39, 0.29) is 17.8 Å². The topological polar surface area (TPSA) is 74.2 Å². The van der Waals surface area contributed by atoms with Crippen LogP contribution in [0.4, 0.5) is 4.79 Å². The Hall–Kier alpha value is -2.08. The van der Waals surface area contributed by atoms with Gasteiger partial charge in [0.1, 0.15) is 5.75 Å². The average molecular weight is 305 g/mol. The van der Waals surface area contributed by atoms with Crippen LogP contribution < -0.4 is 10.6 Å². The molecule has 1 unspecified atom stereocenters. The minimum atomic E-state index is -0.215. The second-order valence-electron chi connectivity index (χ2n) is 4.83. The lowest BCUT2D eigenvalue weighted by Crippen LogP contribution is -2.38. The van der Waals surface area contributed by atoms with Crippen molar-refractivity contribution in [3.8, 4) is 5.75 Å². The summed E-state index contributed by atoms with van der Waals surface area (Å²) in [5.41, 5.74) is 1.86. The second-order valence-corrected chi connectivity index (χ2v) is 5.90. The molecule has 3 N–H and O–H groups in total. The number of phenolic OH excluding ortho intramolecular Hbond substituents is 1. The van der Waals surface area contributed by atoms with Gasteiger partial charge in [0, 0.05) is 11.9 Å². The molecule has 112 valence electrons. The van der Waals surface area contributed by atoms with E-state index >= 15 is 0 Å². The van der Waals surface area contributed by atoms with Gasteiger partial charge >= 0.3 is 6.03 Å². The molecular weight excluding hydrogens is 286 g/mol. The molecule has 0 saturated carbocycles. The van der Waals surface area contributed by atoms with E-state index in [1.165, 1.54) is 0 Å². The Morgan fingerprint density at radius 3 is 2.95 bits per heavy atom. The van der Waals surface area contributed by atoms with Gasteiger partial charge in [-0.2, -0.15) is 0 Å². The van der Waals surface area contributed by atoms with Gasteiger partial charge in [0.05, 0.1) is 16.7 Å². The monoisotopic (exact) mass is 305 g/mol. The first-order valence-electron chi connectivity index (χ1n) is 6.79. The van der Waals surface area contributed by atoms with Crippen molar-refractivity contribution in [3.05, 3.63) is 45.9 Å². The van der Waals surface area contributed by atoms with Crippen molar-refractivity contribution in [1.82, 2.24) is 15.6 Å². The van der Waals surface area contributed by atoms with E-state index in [4.69, 9.17) is 0 Å². The van der Waals surface area contributed by atoms with Gasteiger partial charge in [-0.1, -0.05) is 12.1 Å². The number of phenols is 1. The van der Waals surface area contributed by atoms with E-state index in [0.717, 1.165) is 16.3 Å². The largest absolute Gasteiger partial charge is 0.508 e. The van der Waals surface area contributed by atoms with Gasteiger partial charge in [0.25, 0.3) is 0 Å². The molecule has 1 atom stereocenters. The predicted octanol–water partition coefficient (Wildman–Crippen LogP) is 2.76. The Balaban J connectivity index is 1.75. The summed E-state index contributed by atoms with van der Waals surface area (Å²) in [4.78, 5) is 16.1. The number of carbonyl (C=O) groups is 1. The first kappa shape index (κ1) is 15.3. The van der Waals surface area contributed by atoms with Crippen molar-refractivity contribution >= 4 is 17.4 Å². The van der Waals surface area contributed by atoms with Crippen molar-refractivity contribution in [2.45, 2.75) is 26.3 Å². The van der Waals surface area contributed by atoms with Gasteiger partial charge in [-0.25, -0.2) is 9.78 Å². The Bertz CT molecular complexity index is 612. The summed E-state index contributed by atoms with van der Waals surface area (Å²) in [5.74, 6) is 0.240. The third kappa shape index (κ3) is 4.75. The lowest BCUT2D eigenvalue weighted by atomic mass is 10.1. The molecule has 21 heavy (non-hydrogen) atoms. The maximum Gasteiger partial charge on any atom is 0.315 e. The zero-order valence-corrected chi connectivity index (χ0v) is 12.9. The molecule has 0 spiro atoms. The van der Waals surface area contributed by atoms with Crippen LogP contribution in [0.5, 0.6) is 5.75 Å². The number of aromatic nitrogens is 1. The summed E-state index contributed by atoms with van der Waals surface area (Å²) >= 11 is 1.57. The highest BCUT2D eigenvalue weighted by atomic mass is 32.1. The second kappa shape index (κ2) is 7.08. The van der Waals surface area contributed by atoms with Crippen molar-refractivity contribution in [2.75, 3.05) is 6.54 Å². The Morgan fingerprint density at radius 1 is 1.48 bits per heavy atom.